The molecule has 1 heterocycles. The molecule has 0 saturated carbocycles. The van der Waals surface area contributed by atoms with Crippen LogP contribution in [0.3, 0.4) is 0 Å². The summed E-state index contributed by atoms with van der Waals surface area (Å²) in [5.41, 5.74) is 0.616. The Morgan fingerprint density at radius 2 is 1.90 bits per heavy atom. The van der Waals surface area contributed by atoms with Crippen LogP contribution in [0, 0.1) is 11.6 Å². The van der Waals surface area contributed by atoms with Crippen LogP contribution in [-0.2, 0) is 0 Å². The summed E-state index contributed by atoms with van der Waals surface area (Å²) in [6.45, 7) is 0. The molecule has 2 aromatic carbocycles. The van der Waals surface area contributed by atoms with Gasteiger partial charge >= 0.3 is 0 Å². The molecule has 6 heteroatoms. The van der Waals surface area contributed by atoms with Gasteiger partial charge in [-0.25, -0.2) is 8.78 Å². The van der Waals surface area contributed by atoms with Crippen LogP contribution in [-0.4, -0.2) is 16.1 Å². The highest BCUT2D eigenvalue weighted by Crippen LogP contribution is 2.20. The third-order valence-electron chi connectivity index (χ3n) is 2.90. The first-order valence-electron chi connectivity index (χ1n) is 5.83. The van der Waals surface area contributed by atoms with Gasteiger partial charge in [-0.2, -0.15) is 5.10 Å². The van der Waals surface area contributed by atoms with Crippen molar-refractivity contribution in [1.82, 2.24) is 10.2 Å². The number of benzene rings is 2. The van der Waals surface area contributed by atoms with Gasteiger partial charge < -0.3 is 5.32 Å². The standard InChI is InChI=1S/C14H9F2N3O/c15-10-2-1-3-11(16)13(10)18-14(20)8-4-5-12-9(6-8)7-17-19-12/h1-7H,(H,17,19)(H,18,20). The van der Waals surface area contributed by atoms with Gasteiger partial charge in [0.1, 0.15) is 17.3 Å². The van der Waals surface area contributed by atoms with E-state index in [0.717, 1.165) is 23.0 Å². The minimum absolute atomic E-state index is 0.293. The number of H-pyrrole nitrogens is 1. The van der Waals surface area contributed by atoms with Crippen molar-refractivity contribution in [3.05, 3.63) is 59.8 Å². The Morgan fingerprint density at radius 1 is 1.15 bits per heavy atom. The van der Waals surface area contributed by atoms with Gasteiger partial charge in [-0.15, -0.1) is 0 Å². The Balaban J connectivity index is 1.92. The molecular formula is C14H9F2N3O. The van der Waals surface area contributed by atoms with E-state index in [1.165, 1.54) is 6.07 Å². The molecule has 3 rings (SSSR count). The molecule has 0 aliphatic carbocycles. The molecule has 0 spiro atoms. The minimum atomic E-state index is -0.817. The molecule has 1 amide bonds. The van der Waals surface area contributed by atoms with Crippen LogP contribution in [0.4, 0.5) is 14.5 Å². The number of hydrogen-bond acceptors (Lipinski definition) is 2. The number of nitrogens with zero attached hydrogens (tertiary/aromatic N) is 1. The Labute approximate surface area is 112 Å². The summed E-state index contributed by atoms with van der Waals surface area (Å²) in [5.74, 6) is -2.22. The van der Waals surface area contributed by atoms with Crippen molar-refractivity contribution in [2.24, 2.45) is 0 Å². The zero-order valence-corrected chi connectivity index (χ0v) is 10.2. The molecule has 2 N–H and O–H groups in total. The molecule has 0 aliphatic rings. The summed E-state index contributed by atoms with van der Waals surface area (Å²) in [5, 5.41) is 9.56. The van der Waals surface area contributed by atoms with Gasteiger partial charge in [0.25, 0.3) is 5.91 Å². The van der Waals surface area contributed by atoms with Crippen LogP contribution >= 0.6 is 0 Å². The van der Waals surface area contributed by atoms with E-state index in [1.807, 2.05) is 0 Å². The van der Waals surface area contributed by atoms with Crippen molar-refractivity contribution in [2.75, 3.05) is 5.32 Å². The van der Waals surface area contributed by atoms with E-state index in [4.69, 9.17) is 0 Å². The molecule has 0 atom stereocenters. The number of amides is 1. The van der Waals surface area contributed by atoms with Crippen molar-refractivity contribution in [1.29, 1.82) is 0 Å². The molecule has 20 heavy (non-hydrogen) atoms. The Bertz CT molecular complexity index is 778. The lowest BCUT2D eigenvalue weighted by molar-refractivity contribution is 0.102. The number of carbonyl (C=O) groups is 1. The summed E-state index contributed by atoms with van der Waals surface area (Å²) in [7, 11) is 0. The first kappa shape index (κ1) is 12.3. The summed E-state index contributed by atoms with van der Waals surface area (Å²) < 4.78 is 26.9. The number of hydrogen-bond donors (Lipinski definition) is 2. The van der Waals surface area contributed by atoms with E-state index in [-0.39, 0.29) is 0 Å². The molecule has 100 valence electrons. The second-order valence-electron chi connectivity index (χ2n) is 4.22. The maximum absolute atomic E-state index is 13.5. The molecule has 0 radical (unpaired) electrons. The minimum Gasteiger partial charge on any atom is -0.317 e. The number of anilines is 1. The third kappa shape index (κ3) is 2.11. The number of para-hydroxylation sites is 1. The molecule has 0 unspecified atom stereocenters. The van der Waals surface area contributed by atoms with Crippen LogP contribution in [0.1, 0.15) is 10.4 Å². The summed E-state index contributed by atoms with van der Waals surface area (Å²) in [6, 6.07) is 8.21. The highest BCUT2D eigenvalue weighted by molar-refractivity contribution is 6.06. The van der Waals surface area contributed by atoms with E-state index in [1.54, 1.807) is 24.4 Å². The fourth-order valence-electron chi connectivity index (χ4n) is 1.89. The van der Waals surface area contributed by atoms with Gasteiger partial charge in [0.05, 0.1) is 11.7 Å². The van der Waals surface area contributed by atoms with Crippen LogP contribution in [0.2, 0.25) is 0 Å². The first-order valence-corrected chi connectivity index (χ1v) is 5.83. The van der Waals surface area contributed by atoms with Gasteiger partial charge in [-0.1, -0.05) is 6.07 Å². The van der Waals surface area contributed by atoms with Crippen molar-refractivity contribution in [2.45, 2.75) is 0 Å². The van der Waals surface area contributed by atoms with Crippen LogP contribution in [0.15, 0.2) is 42.6 Å². The monoisotopic (exact) mass is 273 g/mol. The van der Waals surface area contributed by atoms with E-state index >= 15 is 0 Å². The highest BCUT2D eigenvalue weighted by Gasteiger charge is 2.13. The van der Waals surface area contributed by atoms with Crippen molar-refractivity contribution in [3.8, 4) is 0 Å². The molecule has 0 bridgehead atoms. The van der Waals surface area contributed by atoms with Crippen LogP contribution < -0.4 is 5.32 Å². The van der Waals surface area contributed by atoms with Crippen molar-refractivity contribution >= 4 is 22.5 Å². The van der Waals surface area contributed by atoms with Crippen LogP contribution in [0.5, 0.6) is 0 Å². The zero-order valence-electron chi connectivity index (χ0n) is 10.2. The molecule has 4 nitrogen and oxygen atoms in total. The van der Waals surface area contributed by atoms with Gasteiger partial charge in [0.15, 0.2) is 0 Å². The second-order valence-corrected chi connectivity index (χ2v) is 4.22. The van der Waals surface area contributed by atoms with Crippen LogP contribution in [0.25, 0.3) is 10.9 Å². The largest absolute Gasteiger partial charge is 0.317 e. The third-order valence-corrected chi connectivity index (χ3v) is 2.90. The number of aromatic nitrogens is 2. The number of rotatable bonds is 2. The molecule has 0 fully saturated rings. The fourth-order valence-corrected chi connectivity index (χ4v) is 1.89. The topological polar surface area (TPSA) is 57.8 Å². The van der Waals surface area contributed by atoms with E-state index in [9.17, 15) is 13.6 Å². The fraction of sp³-hybridized carbons (Fsp3) is 0. The van der Waals surface area contributed by atoms with Gasteiger partial charge in [0.2, 0.25) is 0 Å². The SMILES string of the molecule is O=C(Nc1c(F)cccc1F)c1ccc2[nH]ncc2c1. The normalized spacial score (nSPS) is 10.7. The average molecular weight is 273 g/mol. The summed E-state index contributed by atoms with van der Waals surface area (Å²) in [4.78, 5) is 12.0. The van der Waals surface area contributed by atoms with Gasteiger partial charge in [-0.05, 0) is 30.3 Å². The molecule has 3 aromatic rings. The lowest BCUT2D eigenvalue weighted by Crippen LogP contribution is -2.14. The van der Waals surface area contributed by atoms with Gasteiger partial charge in [-0.3, -0.25) is 9.89 Å². The van der Waals surface area contributed by atoms with E-state index in [0.29, 0.717) is 5.56 Å². The highest BCUT2D eigenvalue weighted by atomic mass is 19.1. The quantitative estimate of drug-likeness (QED) is 0.753. The maximum Gasteiger partial charge on any atom is 0.255 e. The lowest BCUT2D eigenvalue weighted by Gasteiger charge is -2.07. The lowest BCUT2D eigenvalue weighted by atomic mass is 10.1. The van der Waals surface area contributed by atoms with Crippen molar-refractivity contribution < 1.29 is 13.6 Å². The summed E-state index contributed by atoms with van der Waals surface area (Å²) >= 11 is 0. The van der Waals surface area contributed by atoms with E-state index in [2.05, 4.69) is 15.5 Å². The Hall–Kier alpha value is -2.76. The number of fused-ring (bicyclic) bond motifs is 1. The first-order chi connectivity index (χ1) is 9.65. The van der Waals surface area contributed by atoms with E-state index < -0.39 is 23.2 Å². The van der Waals surface area contributed by atoms with Crippen molar-refractivity contribution in [3.63, 3.8) is 0 Å². The predicted molar refractivity (Wildman–Crippen MR) is 70.4 cm³/mol. The Morgan fingerprint density at radius 3 is 2.65 bits per heavy atom. The second kappa shape index (κ2) is 4.73. The maximum atomic E-state index is 13.5. The molecule has 0 saturated heterocycles. The predicted octanol–water partition coefficient (Wildman–Crippen LogP) is 3.09. The number of nitrogens with one attached hydrogen (secondary N) is 2. The smallest absolute Gasteiger partial charge is 0.255 e. The average Bonchev–Trinajstić information content (AvgIpc) is 2.90. The Kier molecular flexibility index (Phi) is 2.90. The number of halogens is 2. The van der Waals surface area contributed by atoms with Gasteiger partial charge in [0, 0.05) is 10.9 Å². The molecular weight excluding hydrogens is 264 g/mol. The molecule has 0 aliphatic heterocycles. The number of aromatic amines is 1. The zero-order chi connectivity index (χ0) is 14.1. The summed E-state index contributed by atoms with van der Waals surface area (Å²) in [6.07, 6.45) is 1.57. The number of carbonyl (C=O) groups excluding carboxylic acids is 1. The molecule has 1 aromatic heterocycles.